The molecule has 0 heterocycles. The van der Waals surface area contributed by atoms with Crippen LogP contribution in [-0.2, 0) is 4.79 Å². The van der Waals surface area contributed by atoms with Crippen molar-refractivity contribution in [2.75, 3.05) is 20.2 Å². The van der Waals surface area contributed by atoms with Crippen molar-refractivity contribution in [2.24, 2.45) is 0 Å². The van der Waals surface area contributed by atoms with Gasteiger partial charge in [-0.25, -0.2) is 4.39 Å². The van der Waals surface area contributed by atoms with E-state index in [0.29, 0.717) is 5.75 Å². The van der Waals surface area contributed by atoms with Gasteiger partial charge in [-0.15, -0.1) is 0 Å². The molecule has 0 saturated heterocycles. The van der Waals surface area contributed by atoms with Crippen molar-refractivity contribution in [3.63, 3.8) is 0 Å². The molecule has 1 N–H and O–H groups in total. The Hall–Kier alpha value is -1.62. The number of carbonyl (C=O) groups excluding carboxylic acids is 1. The minimum absolute atomic E-state index is 0.0310. The molecule has 0 aromatic heterocycles. The first-order valence-electron chi connectivity index (χ1n) is 7.28. The van der Waals surface area contributed by atoms with Gasteiger partial charge in [-0.2, -0.15) is 0 Å². The van der Waals surface area contributed by atoms with E-state index in [1.165, 1.54) is 12.1 Å². The molecule has 0 fully saturated rings. The number of benzene rings is 1. The predicted octanol–water partition coefficient (Wildman–Crippen LogP) is 2.74. The van der Waals surface area contributed by atoms with Crippen molar-refractivity contribution in [1.82, 2.24) is 10.2 Å². The Kier molecular flexibility index (Phi) is 6.62. The predicted molar refractivity (Wildman–Crippen MR) is 81.9 cm³/mol. The Balaban J connectivity index is 2.82. The van der Waals surface area contributed by atoms with Crippen LogP contribution in [0, 0.1) is 5.82 Å². The number of halogens is 1. The van der Waals surface area contributed by atoms with E-state index in [1.807, 2.05) is 27.7 Å². The number of ether oxygens (including phenoxy) is 1. The zero-order valence-electron chi connectivity index (χ0n) is 13.4. The van der Waals surface area contributed by atoms with Gasteiger partial charge >= 0.3 is 0 Å². The van der Waals surface area contributed by atoms with Crippen LogP contribution in [0.25, 0.3) is 0 Å². The van der Waals surface area contributed by atoms with E-state index in [0.717, 1.165) is 12.1 Å². The number of nitrogens with one attached hydrogen (secondary N) is 1. The third-order valence-electron chi connectivity index (χ3n) is 3.47. The van der Waals surface area contributed by atoms with Gasteiger partial charge in [0.05, 0.1) is 0 Å². The second-order valence-electron chi connectivity index (χ2n) is 5.35. The summed E-state index contributed by atoms with van der Waals surface area (Å²) in [4.78, 5) is 13.5. The van der Waals surface area contributed by atoms with E-state index < -0.39 is 0 Å². The van der Waals surface area contributed by atoms with Gasteiger partial charge in [0, 0.05) is 30.8 Å². The van der Waals surface area contributed by atoms with E-state index in [4.69, 9.17) is 4.74 Å². The molecule has 1 amide bonds. The molecule has 0 aliphatic heterocycles. The van der Waals surface area contributed by atoms with Gasteiger partial charge in [-0.05, 0) is 33.4 Å². The van der Waals surface area contributed by atoms with E-state index >= 15 is 0 Å². The van der Waals surface area contributed by atoms with Crippen LogP contribution in [0.2, 0.25) is 0 Å². The third-order valence-corrected chi connectivity index (χ3v) is 3.47. The summed E-state index contributed by atoms with van der Waals surface area (Å²) in [5, 5.41) is 3.25. The van der Waals surface area contributed by atoms with Crippen LogP contribution in [0.4, 0.5) is 4.39 Å². The summed E-state index contributed by atoms with van der Waals surface area (Å²) < 4.78 is 19.0. The quantitative estimate of drug-likeness (QED) is 0.841. The summed E-state index contributed by atoms with van der Waals surface area (Å²) in [6.07, 6.45) is 0. The van der Waals surface area contributed by atoms with Crippen LogP contribution >= 0.6 is 0 Å². The first-order valence-corrected chi connectivity index (χ1v) is 7.28. The van der Waals surface area contributed by atoms with Gasteiger partial charge < -0.3 is 15.0 Å². The molecule has 1 atom stereocenters. The molecule has 1 unspecified atom stereocenters. The van der Waals surface area contributed by atoms with Crippen molar-refractivity contribution in [1.29, 1.82) is 0 Å². The molecular weight excluding hydrogens is 271 g/mol. The molecule has 1 aromatic carbocycles. The van der Waals surface area contributed by atoms with Crippen molar-refractivity contribution in [3.05, 3.63) is 29.6 Å². The zero-order chi connectivity index (χ0) is 16.0. The van der Waals surface area contributed by atoms with Gasteiger partial charge in [-0.1, -0.05) is 13.0 Å². The summed E-state index contributed by atoms with van der Waals surface area (Å²) in [5.41, 5.74) is 0.846. The smallest absolute Gasteiger partial charge is 0.260 e. The Labute approximate surface area is 126 Å². The average molecular weight is 296 g/mol. The van der Waals surface area contributed by atoms with E-state index in [-0.39, 0.29) is 30.4 Å². The topological polar surface area (TPSA) is 41.6 Å². The molecule has 0 spiro atoms. The van der Waals surface area contributed by atoms with Crippen LogP contribution in [0.5, 0.6) is 5.75 Å². The maximum Gasteiger partial charge on any atom is 0.260 e. The fraction of sp³-hybridized carbons (Fsp3) is 0.562. The highest BCUT2D eigenvalue weighted by Gasteiger charge is 2.16. The number of hydrogen-bond donors (Lipinski definition) is 1. The summed E-state index contributed by atoms with van der Waals surface area (Å²) in [6, 6.07) is 4.55. The van der Waals surface area contributed by atoms with Gasteiger partial charge in [0.25, 0.3) is 5.91 Å². The Morgan fingerprint density at radius 2 is 2.05 bits per heavy atom. The number of amides is 1. The van der Waals surface area contributed by atoms with Gasteiger partial charge in [0.15, 0.2) is 6.61 Å². The van der Waals surface area contributed by atoms with Gasteiger partial charge in [0.2, 0.25) is 0 Å². The summed E-state index contributed by atoms with van der Waals surface area (Å²) in [5.74, 6) is -0.0904. The molecule has 0 saturated carbocycles. The fourth-order valence-corrected chi connectivity index (χ4v) is 1.94. The van der Waals surface area contributed by atoms with E-state index in [2.05, 4.69) is 5.32 Å². The van der Waals surface area contributed by atoms with Crippen LogP contribution < -0.4 is 10.1 Å². The maximum absolute atomic E-state index is 13.4. The molecule has 0 aliphatic rings. The Morgan fingerprint density at radius 1 is 1.38 bits per heavy atom. The molecule has 1 aromatic rings. The van der Waals surface area contributed by atoms with Crippen LogP contribution in [-0.4, -0.2) is 37.0 Å². The first-order chi connectivity index (χ1) is 9.86. The molecule has 0 bridgehead atoms. The highest BCUT2D eigenvalue weighted by molar-refractivity contribution is 5.77. The molecule has 0 aliphatic carbocycles. The van der Waals surface area contributed by atoms with Crippen LogP contribution in [0.1, 0.15) is 39.3 Å². The van der Waals surface area contributed by atoms with Crippen molar-refractivity contribution in [2.45, 2.75) is 39.8 Å². The molecule has 5 heteroatoms. The number of likely N-dealkylation sites (N-methyl/N-ethyl adjacent to an activating group) is 1. The standard InChI is InChI=1S/C16H25FN2O2/c1-6-18-12(4)14-8-7-13(17)9-15(14)21-10-16(20)19(5)11(2)3/h7-9,11-12,18H,6,10H2,1-5H3. The SMILES string of the molecule is CCNC(C)c1ccc(F)cc1OCC(=O)N(C)C(C)C. The fourth-order valence-electron chi connectivity index (χ4n) is 1.94. The lowest BCUT2D eigenvalue weighted by molar-refractivity contribution is -0.133. The summed E-state index contributed by atoms with van der Waals surface area (Å²) in [6.45, 7) is 8.54. The highest BCUT2D eigenvalue weighted by atomic mass is 19.1. The van der Waals surface area contributed by atoms with Gasteiger partial charge in [0.1, 0.15) is 11.6 Å². The first kappa shape index (κ1) is 17.4. The minimum atomic E-state index is -0.373. The number of nitrogens with zero attached hydrogens (tertiary/aromatic N) is 1. The number of carbonyl (C=O) groups is 1. The van der Waals surface area contributed by atoms with E-state index in [1.54, 1.807) is 18.0 Å². The second-order valence-corrected chi connectivity index (χ2v) is 5.35. The monoisotopic (exact) mass is 296 g/mol. The number of hydrogen-bond acceptors (Lipinski definition) is 3. The largest absolute Gasteiger partial charge is 0.483 e. The molecule has 118 valence electrons. The molecule has 1 rings (SSSR count). The van der Waals surface area contributed by atoms with Crippen molar-refractivity contribution >= 4 is 5.91 Å². The average Bonchev–Trinajstić information content (AvgIpc) is 2.44. The third kappa shape index (κ3) is 5.01. The normalized spacial score (nSPS) is 12.3. The van der Waals surface area contributed by atoms with Crippen molar-refractivity contribution < 1.29 is 13.9 Å². The lowest BCUT2D eigenvalue weighted by Gasteiger charge is -2.22. The maximum atomic E-state index is 13.4. The van der Waals surface area contributed by atoms with Crippen LogP contribution in [0.15, 0.2) is 18.2 Å². The highest BCUT2D eigenvalue weighted by Crippen LogP contribution is 2.26. The second kappa shape index (κ2) is 7.98. The summed E-state index contributed by atoms with van der Waals surface area (Å²) >= 11 is 0. The molecule has 21 heavy (non-hydrogen) atoms. The summed E-state index contributed by atoms with van der Waals surface area (Å²) in [7, 11) is 1.73. The number of rotatable bonds is 7. The lowest BCUT2D eigenvalue weighted by atomic mass is 10.1. The van der Waals surface area contributed by atoms with Crippen molar-refractivity contribution in [3.8, 4) is 5.75 Å². The molecular formula is C16H25FN2O2. The van der Waals surface area contributed by atoms with Gasteiger partial charge in [-0.3, -0.25) is 4.79 Å². The molecule has 4 nitrogen and oxygen atoms in total. The van der Waals surface area contributed by atoms with E-state index in [9.17, 15) is 9.18 Å². The lowest BCUT2D eigenvalue weighted by Crippen LogP contribution is -2.36. The van der Waals surface area contributed by atoms with Crippen LogP contribution in [0.3, 0.4) is 0 Å². The minimum Gasteiger partial charge on any atom is -0.483 e. The Morgan fingerprint density at radius 3 is 2.62 bits per heavy atom. The molecule has 0 radical (unpaired) electrons. The zero-order valence-corrected chi connectivity index (χ0v) is 13.4. The Bertz CT molecular complexity index is 477.